The molecule has 1 amide bonds. The summed E-state index contributed by atoms with van der Waals surface area (Å²) < 4.78 is 32.0. The molecule has 2 unspecified atom stereocenters. The number of allylic oxidation sites excluding steroid dienone is 7. The molecule has 0 aliphatic rings. The summed E-state index contributed by atoms with van der Waals surface area (Å²) in [7, 11) is -4.33. The third-order valence-electron chi connectivity index (χ3n) is 7.25. The van der Waals surface area contributed by atoms with E-state index in [0.717, 1.165) is 70.6 Å². The summed E-state index contributed by atoms with van der Waals surface area (Å²) in [6, 6.07) is -1.06. The smallest absolute Gasteiger partial charge is 0.267 e. The predicted molar refractivity (Wildman–Crippen MR) is 179 cm³/mol. The van der Waals surface area contributed by atoms with Crippen LogP contribution in [0.3, 0.4) is 0 Å². The van der Waals surface area contributed by atoms with Crippen molar-refractivity contribution in [3.63, 3.8) is 0 Å². The number of nitrogens with one attached hydrogen (secondary N) is 1. The zero-order valence-electron chi connectivity index (χ0n) is 26.9. The number of hydrogen-bond acceptors (Lipinski definition) is 4. The Kier molecular flexibility index (Phi) is 28.2. The lowest BCUT2D eigenvalue weighted by Crippen LogP contribution is -2.46. The minimum absolute atomic E-state index is 0.278. The Morgan fingerprint density at radius 3 is 1.60 bits per heavy atom. The van der Waals surface area contributed by atoms with E-state index in [2.05, 4.69) is 55.6 Å². The molecule has 0 radical (unpaired) electrons. The van der Waals surface area contributed by atoms with E-state index in [1.54, 1.807) is 0 Å². The van der Waals surface area contributed by atoms with Gasteiger partial charge in [-0.1, -0.05) is 133 Å². The Balaban J connectivity index is 3.91. The van der Waals surface area contributed by atoms with Crippen LogP contribution in [0.4, 0.5) is 0 Å². The molecule has 6 nitrogen and oxygen atoms in total. The van der Waals surface area contributed by atoms with E-state index in [4.69, 9.17) is 0 Å². The molecule has 0 saturated heterocycles. The molecule has 0 aliphatic heterocycles. The summed E-state index contributed by atoms with van der Waals surface area (Å²) in [6.07, 6.45) is 38.4. The van der Waals surface area contributed by atoms with Gasteiger partial charge in [-0.25, -0.2) is 0 Å². The molecule has 0 saturated carbocycles. The number of carbonyl (C=O) groups is 1. The van der Waals surface area contributed by atoms with E-state index < -0.39 is 28.0 Å². The highest BCUT2D eigenvalue weighted by Crippen LogP contribution is 2.11. The highest BCUT2D eigenvalue weighted by molar-refractivity contribution is 7.85. The lowest BCUT2D eigenvalue weighted by atomic mass is 10.1. The monoisotopic (exact) mass is 609 g/mol. The van der Waals surface area contributed by atoms with Gasteiger partial charge in [-0.05, 0) is 57.8 Å². The summed E-state index contributed by atoms with van der Waals surface area (Å²) in [4.78, 5) is 12.4. The van der Waals surface area contributed by atoms with Gasteiger partial charge in [-0.15, -0.1) is 0 Å². The number of amides is 1. The first-order valence-electron chi connectivity index (χ1n) is 16.8. The maximum atomic E-state index is 12.4. The molecule has 244 valence electrons. The van der Waals surface area contributed by atoms with Gasteiger partial charge in [0, 0.05) is 6.42 Å². The van der Waals surface area contributed by atoms with Gasteiger partial charge >= 0.3 is 0 Å². The van der Waals surface area contributed by atoms with Gasteiger partial charge in [0.1, 0.15) is 0 Å². The van der Waals surface area contributed by atoms with Gasteiger partial charge in [-0.2, -0.15) is 8.42 Å². The fourth-order valence-corrected chi connectivity index (χ4v) is 5.42. The highest BCUT2D eigenvalue weighted by Gasteiger charge is 2.24. The summed E-state index contributed by atoms with van der Waals surface area (Å²) >= 11 is 0. The number of carbonyl (C=O) groups excluding carboxylic acids is 1. The van der Waals surface area contributed by atoms with Gasteiger partial charge in [0.25, 0.3) is 10.1 Å². The molecule has 0 heterocycles. The molecule has 2 atom stereocenters. The molecule has 7 heteroatoms. The van der Waals surface area contributed by atoms with E-state index in [-0.39, 0.29) is 12.3 Å². The molecule has 0 aromatic rings. The first-order chi connectivity index (χ1) is 20.3. The molecule has 0 fully saturated rings. The summed E-state index contributed by atoms with van der Waals surface area (Å²) in [5.74, 6) is -1.01. The SMILES string of the molecule is CCCCCC/C=C/C(O)C(CS(=O)(=O)O)NC(=O)CCCCCCCC/C=C\C/C=C\C/C=C\CCCCCCC. The summed E-state index contributed by atoms with van der Waals surface area (Å²) in [5, 5.41) is 13.0. The van der Waals surface area contributed by atoms with Gasteiger partial charge in [0.15, 0.2) is 0 Å². The number of aliphatic hydroxyl groups is 1. The van der Waals surface area contributed by atoms with E-state index >= 15 is 0 Å². The predicted octanol–water partition coefficient (Wildman–Crippen LogP) is 9.18. The van der Waals surface area contributed by atoms with Crippen molar-refractivity contribution >= 4 is 16.0 Å². The fraction of sp³-hybridized carbons (Fsp3) is 0.743. The molecule has 0 aromatic carbocycles. The van der Waals surface area contributed by atoms with Gasteiger partial charge in [0.05, 0.1) is 17.9 Å². The molecular weight excluding hydrogens is 546 g/mol. The Morgan fingerprint density at radius 1 is 0.643 bits per heavy atom. The average molecular weight is 610 g/mol. The maximum Gasteiger partial charge on any atom is 0.267 e. The van der Waals surface area contributed by atoms with Crippen LogP contribution >= 0.6 is 0 Å². The van der Waals surface area contributed by atoms with Gasteiger partial charge in [0.2, 0.25) is 5.91 Å². The van der Waals surface area contributed by atoms with Crippen molar-refractivity contribution < 1.29 is 22.9 Å². The zero-order chi connectivity index (χ0) is 31.2. The quantitative estimate of drug-likeness (QED) is 0.0446. The molecule has 0 aliphatic carbocycles. The van der Waals surface area contributed by atoms with Crippen LogP contribution < -0.4 is 5.32 Å². The Hall–Kier alpha value is -1.70. The van der Waals surface area contributed by atoms with Crippen LogP contribution in [-0.2, 0) is 14.9 Å². The first kappa shape index (κ1) is 40.3. The average Bonchev–Trinajstić information content (AvgIpc) is 2.94. The maximum absolute atomic E-state index is 12.4. The van der Waals surface area contributed by atoms with Crippen LogP contribution in [0.15, 0.2) is 48.6 Å². The van der Waals surface area contributed by atoms with Crippen LogP contribution in [0.1, 0.15) is 149 Å². The van der Waals surface area contributed by atoms with Crippen molar-refractivity contribution in [2.24, 2.45) is 0 Å². The van der Waals surface area contributed by atoms with Crippen molar-refractivity contribution in [2.45, 2.75) is 161 Å². The normalized spacial score (nSPS) is 14.1. The number of rotatable bonds is 29. The Bertz CT molecular complexity index is 847. The standard InChI is InChI=1S/C35H63NO5S/c1-3-5-7-9-11-12-13-14-15-16-17-18-19-20-21-22-23-24-25-27-29-31-35(38)36-33(32-42(39,40)41)34(37)30-28-26-10-8-6-4-2/h13-14,16-17,19-20,28,30,33-34,37H,3-12,15,18,21-27,29,31-32H2,1-2H3,(H,36,38)(H,39,40,41)/b14-13-,17-16-,20-19-,30-28+. The molecule has 42 heavy (non-hydrogen) atoms. The zero-order valence-corrected chi connectivity index (χ0v) is 27.7. The third-order valence-corrected chi connectivity index (χ3v) is 8.03. The number of aliphatic hydroxyl groups excluding tert-OH is 1. The van der Waals surface area contributed by atoms with E-state index in [0.29, 0.717) is 6.42 Å². The van der Waals surface area contributed by atoms with Crippen molar-refractivity contribution in [3.05, 3.63) is 48.6 Å². The molecule has 0 bridgehead atoms. The minimum atomic E-state index is -4.33. The van der Waals surface area contributed by atoms with Crippen LogP contribution in [0.25, 0.3) is 0 Å². The molecular formula is C35H63NO5S. The van der Waals surface area contributed by atoms with E-state index in [9.17, 15) is 22.9 Å². The molecule has 0 aromatic heterocycles. The second kappa shape index (κ2) is 29.4. The van der Waals surface area contributed by atoms with E-state index in [1.165, 1.54) is 57.4 Å². The van der Waals surface area contributed by atoms with Crippen molar-refractivity contribution in [3.8, 4) is 0 Å². The Labute approximate surface area is 259 Å². The minimum Gasteiger partial charge on any atom is -0.387 e. The second-order valence-corrected chi connectivity index (χ2v) is 12.9. The molecule has 0 rings (SSSR count). The highest BCUT2D eigenvalue weighted by atomic mass is 32.2. The summed E-state index contributed by atoms with van der Waals surface area (Å²) in [6.45, 7) is 4.39. The number of hydrogen-bond donors (Lipinski definition) is 3. The van der Waals surface area contributed by atoms with Crippen LogP contribution in [0.5, 0.6) is 0 Å². The van der Waals surface area contributed by atoms with Gasteiger partial charge in [-0.3, -0.25) is 9.35 Å². The molecule has 0 spiro atoms. The molecule has 3 N–H and O–H groups in total. The van der Waals surface area contributed by atoms with Crippen molar-refractivity contribution in [1.82, 2.24) is 5.32 Å². The van der Waals surface area contributed by atoms with Gasteiger partial charge < -0.3 is 10.4 Å². The van der Waals surface area contributed by atoms with Crippen LogP contribution in [0.2, 0.25) is 0 Å². The third kappa shape index (κ3) is 29.8. The fourth-order valence-electron chi connectivity index (χ4n) is 4.69. The largest absolute Gasteiger partial charge is 0.387 e. The lowest BCUT2D eigenvalue weighted by molar-refractivity contribution is -0.122. The first-order valence-corrected chi connectivity index (χ1v) is 18.4. The van der Waals surface area contributed by atoms with E-state index in [1.807, 2.05) is 6.08 Å². The van der Waals surface area contributed by atoms with Crippen molar-refractivity contribution in [2.75, 3.05) is 5.75 Å². The summed E-state index contributed by atoms with van der Waals surface area (Å²) in [5.41, 5.74) is 0. The number of unbranched alkanes of at least 4 members (excludes halogenated alkanes) is 15. The second-order valence-electron chi connectivity index (χ2n) is 11.4. The van der Waals surface area contributed by atoms with Crippen LogP contribution in [-0.4, -0.2) is 41.9 Å². The Morgan fingerprint density at radius 2 is 1.07 bits per heavy atom. The lowest BCUT2D eigenvalue weighted by Gasteiger charge is -2.21. The topological polar surface area (TPSA) is 104 Å². The van der Waals surface area contributed by atoms with Crippen molar-refractivity contribution in [1.29, 1.82) is 0 Å². The van der Waals surface area contributed by atoms with Crippen LogP contribution in [0, 0.1) is 0 Å².